The number of hydrogen-bond acceptors (Lipinski definition) is 3. The molecule has 1 aromatic heterocycles. The number of benzene rings is 1. The van der Waals surface area contributed by atoms with E-state index in [1.807, 2.05) is 0 Å². The number of amides is 1. The van der Waals surface area contributed by atoms with Crippen molar-refractivity contribution in [1.82, 2.24) is 4.98 Å². The van der Waals surface area contributed by atoms with Crippen molar-refractivity contribution in [3.63, 3.8) is 0 Å². The normalized spacial score (nSPS) is 10.1. The topological polar surface area (TPSA) is 51.2 Å². The molecule has 98 valence electrons. The minimum atomic E-state index is -0.695. The molecule has 0 fully saturated rings. The van der Waals surface area contributed by atoms with E-state index in [0.717, 1.165) is 10.5 Å². The molecule has 0 atom stereocenters. The molecule has 0 saturated carbocycles. The van der Waals surface area contributed by atoms with Gasteiger partial charge in [-0.25, -0.2) is 4.98 Å². The Balaban J connectivity index is 2.21. The number of anilines is 1. The van der Waals surface area contributed by atoms with E-state index < -0.39 is 11.9 Å². The molecule has 1 N–H and O–H groups in total. The van der Waals surface area contributed by atoms with Crippen molar-refractivity contribution in [2.45, 2.75) is 0 Å². The van der Waals surface area contributed by atoms with Crippen molar-refractivity contribution in [3.8, 4) is 5.75 Å². The molecular weight excluding hydrogens is 315 g/mol. The third-order valence-electron chi connectivity index (χ3n) is 2.35. The standard InChI is InChI=1S/C13H10BrFN2O2/c1-19-11-6-9(14)5-10(7-11)17-13(18)8-2-3-16-12(15)4-8/h2-7H,1H3,(H,17,18). The van der Waals surface area contributed by atoms with Crippen LogP contribution < -0.4 is 10.1 Å². The Hall–Kier alpha value is -1.95. The molecule has 2 aromatic rings. The molecule has 4 nitrogen and oxygen atoms in total. The fourth-order valence-corrected chi connectivity index (χ4v) is 1.97. The second-order valence-electron chi connectivity index (χ2n) is 3.70. The number of carbonyl (C=O) groups excluding carboxylic acids is 1. The fourth-order valence-electron chi connectivity index (χ4n) is 1.50. The van der Waals surface area contributed by atoms with Crippen molar-refractivity contribution in [1.29, 1.82) is 0 Å². The summed E-state index contributed by atoms with van der Waals surface area (Å²) >= 11 is 3.31. The molecule has 19 heavy (non-hydrogen) atoms. The van der Waals surface area contributed by atoms with Crippen LogP contribution >= 0.6 is 15.9 Å². The van der Waals surface area contributed by atoms with Gasteiger partial charge in [-0.1, -0.05) is 15.9 Å². The number of rotatable bonds is 3. The Kier molecular flexibility index (Phi) is 4.11. The van der Waals surface area contributed by atoms with Crippen LogP contribution in [0.2, 0.25) is 0 Å². The summed E-state index contributed by atoms with van der Waals surface area (Å²) in [4.78, 5) is 15.3. The van der Waals surface area contributed by atoms with Gasteiger partial charge in [-0.3, -0.25) is 4.79 Å². The van der Waals surface area contributed by atoms with Gasteiger partial charge < -0.3 is 10.1 Å². The summed E-state index contributed by atoms with van der Waals surface area (Å²) in [5.74, 6) is -0.508. The van der Waals surface area contributed by atoms with Crippen LogP contribution in [-0.4, -0.2) is 18.0 Å². The first-order valence-corrected chi connectivity index (χ1v) is 6.15. The van der Waals surface area contributed by atoms with Gasteiger partial charge in [0.25, 0.3) is 5.91 Å². The van der Waals surface area contributed by atoms with Crippen LogP contribution in [0, 0.1) is 5.95 Å². The van der Waals surface area contributed by atoms with Gasteiger partial charge in [0.15, 0.2) is 0 Å². The molecule has 1 amide bonds. The van der Waals surface area contributed by atoms with E-state index in [0.29, 0.717) is 11.4 Å². The highest BCUT2D eigenvalue weighted by atomic mass is 79.9. The largest absolute Gasteiger partial charge is 0.497 e. The number of methoxy groups -OCH3 is 1. The first-order valence-electron chi connectivity index (χ1n) is 5.36. The van der Waals surface area contributed by atoms with Gasteiger partial charge in [-0.15, -0.1) is 0 Å². The average molecular weight is 325 g/mol. The maximum atomic E-state index is 12.9. The number of ether oxygens (including phenoxy) is 1. The third-order valence-corrected chi connectivity index (χ3v) is 2.81. The quantitative estimate of drug-likeness (QED) is 0.882. The minimum Gasteiger partial charge on any atom is -0.497 e. The zero-order valence-corrected chi connectivity index (χ0v) is 11.6. The Morgan fingerprint density at radius 2 is 2.16 bits per heavy atom. The molecule has 0 bridgehead atoms. The summed E-state index contributed by atoms with van der Waals surface area (Å²) in [5, 5.41) is 2.66. The van der Waals surface area contributed by atoms with Crippen LogP contribution in [0.5, 0.6) is 5.75 Å². The highest BCUT2D eigenvalue weighted by Crippen LogP contribution is 2.24. The lowest BCUT2D eigenvalue weighted by Gasteiger charge is -2.08. The number of hydrogen-bond donors (Lipinski definition) is 1. The minimum absolute atomic E-state index is 0.200. The van der Waals surface area contributed by atoms with Gasteiger partial charge in [0.1, 0.15) is 5.75 Å². The molecule has 0 aliphatic carbocycles. The van der Waals surface area contributed by atoms with Gasteiger partial charge in [-0.05, 0) is 18.2 Å². The molecule has 6 heteroatoms. The number of nitrogens with one attached hydrogen (secondary N) is 1. The molecule has 0 spiro atoms. The molecule has 0 radical (unpaired) electrons. The summed E-state index contributed by atoms with van der Waals surface area (Å²) in [7, 11) is 1.53. The third kappa shape index (κ3) is 3.51. The van der Waals surface area contributed by atoms with Crippen LogP contribution in [0.3, 0.4) is 0 Å². The lowest BCUT2D eigenvalue weighted by Crippen LogP contribution is -2.12. The number of halogens is 2. The molecule has 1 aromatic carbocycles. The van der Waals surface area contributed by atoms with E-state index in [9.17, 15) is 9.18 Å². The van der Waals surface area contributed by atoms with Crippen molar-refractivity contribution < 1.29 is 13.9 Å². The smallest absolute Gasteiger partial charge is 0.255 e. The lowest BCUT2D eigenvalue weighted by atomic mass is 10.2. The number of carbonyl (C=O) groups is 1. The molecule has 0 aliphatic rings. The van der Waals surface area contributed by atoms with Crippen LogP contribution in [0.25, 0.3) is 0 Å². The predicted molar refractivity (Wildman–Crippen MR) is 72.8 cm³/mol. The van der Waals surface area contributed by atoms with Gasteiger partial charge in [-0.2, -0.15) is 4.39 Å². The number of aromatic nitrogens is 1. The molecule has 0 saturated heterocycles. The SMILES string of the molecule is COc1cc(Br)cc(NC(=O)c2ccnc(F)c2)c1. The fraction of sp³-hybridized carbons (Fsp3) is 0.0769. The van der Waals surface area contributed by atoms with Gasteiger partial charge >= 0.3 is 0 Å². The first kappa shape index (κ1) is 13.5. The summed E-state index contributed by atoms with van der Waals surface area (Å²) < 4.78 is 18.8. The van der Waals surface area contributed by atoms with Crippen LogP contribution in [0.15, 0.2) is 41.0 Å². The molecule has 2 rings (SSSR count). The van der Waals surface area contributed by atoms with Crippen LogP contribution in [0.4, 0.5) is 10.1 Å². The summed E-state index contributed by atoms with van der Waals surface area (Å²) in [6.45, 7) is 0. The second kappa shape index (κ2) is 5.79. The van der Waals surface area contributed by atoms with Gasteiger partial charge in [0, 0.05) is 34.1 Å². The Morgan fingerprint density at radius 1 is 1.37 bits per heavy atom. The Labute approximate surface area is 117 Å². The summed E-state index contributed by atoms with van der Waals surface area (Å²) in [6, 6.07) is 7.66. The van der Waals surface area contributed by atoms with E-state index in [-0.39, 0.29) is 5.56 Å². The molecular formula is C13H10BrFN2O2. The highest BCUT2D eigenvalue weighted by Gasteiger charge is 2.08. The monoisotopic (exact) mass is 324 g/mol. The highest BCUT2D eigenvalue weighted by molar-refractivity contribution is 9.10. The molecule has 0 aliphatic heterocycles. The zero-order valence-electron chi connectivity index (χ0n) is 9.98. The van der Waals surface area contributed by atoms with Crippen molar-refractivity contribution in [2.24, 2.45) is 0 Å². The average Bonchev–Trinajstić information content (AvgIpc) is 2.38. The Morgan fingerprint density at radius 3 is 2.84 bits per heavy atom. The second-order valence-corrected chi connectivity index (χ2v) is 4.62. The Bertz CT molecular complexity index is 619. The zero-order chi connectivity index (χ0) is 13.8. The number of pyridine rings is 1. The van der Waals surface area contributed by atoms with Crippen molar-refractivity contribution in [2.75, 3.05) is 12.4 Å². The first-order chi connectivity index (χ1) is 9.08. The van der Waals surface area contributed by atoms with E-state index in [4.69, 9.17) is 4.74 Å². The van der Waals surface area contributed by atoms with Crippen LogP contribution in [0.1, 0.15) is 10.4 Å². The van der Waals surface area contributed by atoms with Crippen LogP contribution in [-0.2, 0) is 0 Å². The van der Waals surface area contributed by atoms with E-state index >= 15 is 0 Å². The maximum absolute atomic E-state index is 12.9. The lowest BCUT2D eigenvalue weighted by molar-refractivity contribution is 0.102. The van der Waals surface area contributed by atoms with E-state index in [2.05, 4.69) is 26.2 Å². The molecule has 0 unspecified atom stereocenters. The predicted octanol–water partition coefficient (Wildman–Crippen LogP) is 3.24. The van der Waals surface area contributed by atoms with Crippen molar-refractivity contribution >= 4 is 27.5 Å². The van der Waals surface area contributed by atoms with E-state index in [1.165, 1.54) is 19.4 Å². The summed E-state index contributed by atoms with van der Waals surface area (Å²) in [5.41, 5.74) is 0.750. The summed E-state index contributed by atoms with van der Waals surface area (Å²) in [6.07, 6.45) is 1.24. The number of nitrogens with zero attached hydrogens (tertiary/aromatic N) is 1. The van der Waals surface area contributed by atoms with Gasteiger partial charge in [0.2, 0.25) is 5.95 Å². The van der Waals surface area contributed by atoms with Gasteiger partial charge in [0.05, 0.1) is 7.11 Å². The van der Waals surface area contributed by atoms with Crippen molar-refractivity contribution in [3.05, 3.63) is 52.5 Å². The maximum Gasteiger partial charge on any atom is 0.255 e. The van der Waals surface area contributed by atoms with E-state index in [1.54, 1.807) is 18.2 Å². The molecule has 1 heterocycles.